The topological polar surface area (TPSA) is 108 Å². The van der Waals surface area contributed by atoms with E-state index in [1.54, 1.807) is 38.2 Å². The Kier molecular flexibility index (Phi) is 5.18. The second-order valence-corrected chi connectivity index (χ2v) is 7.92. The van der Waals surface area contributed by atoms with Crippen LogP contribution in [0.15, 0.2) is 36.7 Å². The molecular formula is C22H23N5O4. The van der Waals surface area contributed by atoms with Gasteiger partial charge in [-0.3, -0.25) is 9.59 Å². The maximum atomic E-state index is 12.8. The lowest BCUT2D eigenvalue weighted by molar-refractivity contribution is 0.0981. The summed E-state index contributed by atoms with van der Waals surface area (Å²) in [6.45, 7) is 5.74. The van der Waals surface area contributed by atoms with Crippen molar-refractivity contribution in [3.05, 3.63) is 53.5 Å². The molecule has 1 aliphatic heterocycles. The summed E-state index contributed by atoms with van der Waals surface area (Å²) in [6, 6.07) is 6.69. The van der Waals surface area contributed by atoms with E-state index in [1.165, 1.54) is 17.2 Å². The molecule has 0 bridgehead atoms. The number of hydrogen-bond donors (Lipinski definition) is 1. The molecule has 9 nitrogen and oxygen atoms in total. The van der Waals surface area contributed by atoms with Crippen LogP contribution in [0.25, 0.3) is 0 Å². The third-order valence-electron chi connectivity index (χ3n) is 4.83. The molecule has 3 heterocycles. The zero-order valence-corrected chi connectivity index (χ0v) is 17.8. The van der Waals surface area contributed by atoms with Gasteiger partial charge < -0.3 is 14.8 Å². The predicted octanol–water partition coefficient (Wildman–Crippen LogP) is 3.56. The van der Waals surface area contributed by atoms with E-state index >= 15 is 0 Å². The number of carbonyl (C=O) groups is 2. The summed E-state index contributed by atoms with van der Waals surface area (Å²) in [5, 5.41) is 10.7. The molecule has 3 aromatic rings. The van der Waals surface area contributed by atoms with Gasteiger partial charge in [0.05, 0.1) is 12.4 Å². The van der Waals surface area contributed by atoms with Gasteiger partial charge in [-0.15, -0.1) is 5.10 Å². The molecule has 1 amide bonds. The quantitative estimate of drug-likeness (QED) is 0.606. The smallest absolute Gasteiger partial charge is 0.257 e. The highest BCUT2D eigenvalue weighted by atomic mass is 16.5. The Morgan fingerprint density at radius 3 is 2.71 bits per heavy atom. The Hall–Kier alpha value is -3.75. The van der Waals surface area contributed by atoms with E-state index in [0.717, 1.165) is 5.56 Å². The summed E-state index contributed by atoms with van der Waals surface area (Å²) in [7, 11) is 1.67. The first-order chi connectivity index (χ1) is 14.7. The normalized spacial score (nSPS) is 13.9. The minimum Gasteiger partial charge on any atom is -0.487 e. The number of nitrogens with zero attached hydrogens (tertiary/aromatic N) is 4. The number of amides is 1. The number of rotatable bonds is 6. The lowest BCUT2D eigenvalue weighted by atomic mass is 9.99. The highest BCUT2D eigenvalue weighted by Crippen LogP contribution is 2.43. The van der Waals surface area contributed by atoms with Crippen molar-refractivity contribution in [1.82, 2.24) is 20.0 Å². The molecular weight excluding hydrogens is 398 g/mol. The fourth-order valence-corrected chi connectivity index (χ4v) is 3.37. The number of ketones is 1. The highest BCUT2D eigenvalue weighted by Gasteiger charge is 2.34. The highest BCUT2D eigenvalue weighted by molar-refractivity contribution is 6.04. The first kappa shape index (κ1) is 20.5. The summed E-state index contributed by atoms with van der Waals surface area (Å²) < 4.78 is 12.1. The molecule has 160 valence electrons. The molecule has 4 rings (SSSR count). The van der Waals surface area contributed by atoms with Crippen LogP contribution >= 0.6 is 0 Å². The second-order valence-electron chi connectivity index (χ2n) is 7.92. The number of anilines is 1. The van der Waals surface area contributed by atoms with Gasteiger partial charge in [0.1, 0.15) is 28.5 Å². The molecule has 0 saturated heterocycles. The number of pyridine rings is 1. The fraction of sp³-hybridized carbons (Fsp3) is 0.318. The Labute approximate surface area is 179 Å². The molecule has 0 unspecified atom stereocenters. The van der Waals surface area contributed by atoms with E-state index < -0.39 is 5.60 Å². The maximum absolute atomic E-state index is 12.8. The predicted molar refractivity (Wildman–Crippen MR) is 113 cm³/mol. The molecule has 0 radical (unpaired) electrons. The number of aromatic nitrogens is 4. The molecule has 0 aliphatic carbocycles. The van der Waals surface area contributed by atoms with Crippen molar-refractivity contribution in [1.29, 1.82) is 0 Å². The van der Waals surface area contributed by atoms with Crippen LogP contribution in [0.4, 0.5) is 5.82 Å². The summed E-state index contributed by atoms with van der Waals surface area (Å²) >= 11 is 0. The van der Waals surface area contributed by atoms with Crippen molar-refractivity contribution in [3.63, 3.8) is 0 Å². The minimum atomic E-state index is -0.421. The van der Waals surface area contributed by atoms with E-state index in [-0.39, 0.29) is 11.7 Å². The van der Waals surface area contributed by atoms with Crippen LogP contribution in [-0.4, -0.2) is 37.3 Å². The SMILES string of the molecule is CCC(=O)c1ccc(Oc2cc(C(=O)Nc3cnn(C)n3)cc3c2CC(C)(C)O3)cn1. The average Bonchev–Trinajstić information content (AvgIpc) is 3.28. The number of aryl methyl sites for hydroxylation is 1. The van der Waals surface area contributed by atoms with Crippen LogP contribution in [0.5, 0.6) is 17.2 Å². The van der Waals surface area contributed by atoms with Crippen molar-refractivity contribution in [2.75, 3.05) is 5.32 Å². The molecule has 0 atom stereocenters. The van der Waals surface area contributed by atoms with Crippen LogP contribution in [0.3, 0.4) is 0 Å². The summed E-state index contributed by atoms with van der Waals surface area (Å²) in [4.78, 5) is 30.1. The lowest BCUT2D eigenvalue weighted by Crippen LogP contribution is -2.24. The van der Waals surface area contributed by atoms with Crippen molar-refractivity contribution in [2.24, 2.45) is 7.05 Å². The van der Waals surface area contributed by atoms with E-state index in [0.29, 0.717) is 47.2 Å². The van der Waals surface area contributed by atoms with Crippen LogP contribution in [0.1, 0.15) is 53.6 Å². The number of fused-ring (bicyclic) bond motifs is 1. The molecule has 1 aliphatic rings. The summed E-state index contributed by atoms with van der Waals surface area (Å²) in [5.41, 5.74) is 1.20. The largest absolute Gasteiger partial charge is 0.487 e. The van der Waals surface area contributed by atoms with Crippen molar-refractivity contribution >= 4 is 17.5 Å². The average molecular weight is 421 g/mol. The summed E-state index contributed by atoms with van der Waals surface area (Å²) in [6.07, 6.45) is 3.98. The van der Waals surface area contributed by atoms with Gasteiger partial charge in [-0.2, -0.15) is 9.90 Å². The third-order valence-corrected chi connectivity index (χ3v) is 4.83. The number of carbonyl (C=O) groups excluding carboxylic acids is 2. The molecule has 1 N–H and O–H groups in total. The molecule has 0 saturated carbocycles. The Bertz CT molecular complexity index is 1150. The number of nitrogens with one attached hydrogen (secondary N) is 1. The van der Waals surface area contributed by atoms with Crippen molar-refractivity contribution in [3.8, 4) is 17.2 Å². The molecule has 9 heteroatoms. The molecule has 0 fully saturated rings. The van der Waals surface area contributed by atoms with Crippen LogP contribution in [-0.2, 0) is 13.5 Å². The van der Waals surface area contributed by atoms with Gasteiger partial charge in [-0.1, -0.05) is 6.92 Å². The Balaban J connectivity index is 1.64. The third kappa shape index (κ3) is 4.40. The van der Waals surface area contributed by atoms with Gasteiger partial charge in [-0.25, -0.2) is 4.98 Å². The maximum Gasteiger partial charge on any atom is 0.257 e. The van der Waals surface area contributed by atoms with Crippen LogP contribution in [0, 0.1) is 0 Å². The van der Waals surface area contributed by atoms with Gasteiger partial charge in [0, 0.05) is 31.0 Å². The number of hydrogen-bond acceptors (Lipinski definition) is 7. The Morgan fingerprint density at radius 2 is 2.06 bits per heavy atom. The zero-order chi connectivity index (χ0) is 22.2. The molecule has 1 aromatic carbocycles. The van der Waals surface area contributed by atoms with Crippen molar-refractivity contribution in [2.45, 2.75) is 39.2 Å². The van der Waals surface area contributed by atoms with Crippen LogP contribution in [0.2, 0.25) is 0 Å². The zero-order valence-electron chi connectivity index (χ0n) is 17.8. The fourth-order valence-electron chi connectivity index (χ4n) is 3.37. The first-order valence-electron chi connectivity index (χ1n) is 9.95. The van der Waals surface area contributed by atoms with E-state index in [1.807, 2.05) is 13.8 Å². The Morgan fingerprint density at radius 1 is 1.26 bits per heavy atom. The number of benzene rings is 1. The van der Waals surface area contributed by atoms with Gasteiger partial charge >= 0.3 is 0 Å². The van der Waals surface area contributed by atoms with Gasteiger partial charge in [-0.05, 0) is 38.1 Å². The van der Waals surface area contributed by atoms with Gasteiger partial charge in [0.2, 0.25) is 0 Å². The van der Waals surface area contributed by atoms with Crippen molar-refractivity contribution < 1.29 is 19.1 Å². The summed E-state index contributed by atoms with van der Waals surface area (Å²) in [5.74, 6) is 1.51. The first-order valence-corrected chi connectivity index (χ1v) is 9.95. The number of ether oxygens (including phenoxy) is 2. The monoisotopic (exact) mass is 421 g/mol. The molecule has 2 aromatic heterocycles. The van der Waals surface area contributed by atoms with E-state index in [4.69, 9.17) is 9.47 Å². The molecule has 0 spiro atoms. The second kappa shape index (κ2) is 7.82. The van der Waals surface area contributed by atoms with E-state index in [2.05, 4.69) is 20.5 Å². The standard InChI is InChI=1S/C22H23N5O4/c1-5-17(28)16-7-6-14(11-23-16)30-18-8-13(9-19-15(18)10-22(2,3)31-19)21(29)25-20-12-24-27(4)26-20/h6-9,11-12H,5,10H2,1-4H3,(H,25,26,29). The van der Waals surface area contributed by atoms with Gasteiger partial charge in [0.25, 0.3) is 5.91 Å². The minimum absolute atomic E-state index is 0.0368. The van der Waals surface area contributed by atoms with Crippen LogP contribution < -0.4 is 14.8 Å². The molecule has 31 heavy (non-hydrogen) atoms. The van der Waals surface area contributed by atoms with Gasteiger partial charge in [0.15, 0.2) is 11.6 Å². The van der Waals surface area contributed by atoms with E-state index in [9.17, 15) is 9.59 Å². The number of Topliss-reactive ketones (excluding diaryl/α,β-unsaturated/α-hetero) is 1. The lowest BCUT2D eigenvalue weighted by Gasteiger charge is -2.16.